The Labute approximate surface area is 114 Å². The van der Waals surface area contributed by atoms with E-state index in [1.54, 1.807) is 6.20 Å². The first-order valence-electron chi connectivity index (χ1n) is 6.12. The van der Waals surface area contributed by atoms with E-state index in [0.717, 1.165) is 23.0 Å². The van der Waals surface area contributed by atoms with Crippen molar-refractivity contribution in [1.82, 2.24) is 4.57 Å². The summed E-state index contributed by atoms with van der Waals surface area (Å²) in [4.78, 5) is 12.4. The van der Waals surface area contributed by atoms with Crippen molar-refractivity contribution < 1.29 is 13.6 Å². The summed E-state index contributed by atoms with van der Waals surface area (Å²) < 4.78 is 28.5. The molecule has 0 aliphatic carbocycles. The van der Waals surface area contributed by atoms with Crippen LogP contribution in [0.25, 0.3) is 10.9 Å². The van der Waals surface area contributed by atoms with E-state index in [9.17, 15) is 13.6 Å². The highest BCUT2D eigenvalue weighted by Gasteiger charge is 2.18. The Hall–Kier alpha value is -2.49. The second-order valence-electron chi connectivity index (χ2n) is 4.62. The normalized spacial score (nSPS) is 10.9. The number of aryl methyl sites for hydroxylation is 1. The third-order valence-corrected chi connectivity index (χ3v) is 3.32. The fourth-order valence-electron chi connectivity index (χ4n) is 2.34. The summed E-state index contributed by atoms with van der Waals surface area (Å²) in [5.41, 5.74) is 1.18. The molecule has 0 N–H and O–H groups in total. The van der Waals surface area contributed by atoms with Gasteiger partial charge in [0, 0.05) is 35.8 Å². The van der Waals surface area contributed by atoms with Crippen LogP contribution in [-0.2, 0) is 7.05 Å². The highest BCUT2D eigenvalue weighted by Crippen LogP contribution is 2.24. The van der Waals surface area contributed by atoms with E-state index in [1.165, 1.54) is 6.07 Å². The van der Waals surface area contributed by atoms with Crippen LogP contribution in [0.5, 0.6) is 0 Å². The van der Waals surface area contributed by atoms with Gasteiger partial charge in [0.1, 0.15) is 11.6 Å². The molecule has 0 spiro atoms. The maximum atomic E-state index is 13.7. The number of rotatable bonds is 2. The van der Waals surface area contributed by atoms with Crippen LogP contribution in [0.15, 0.2) is 48.7 Å². The monoisotopic (exact) mass is 271 g/mol. The average molecular weight is 271 g/mol. The number of benzene rings is 2. The maximum Gasteiger partial charge on any atom is 0.198 e. The Morgan fingerprint density at radius 1 is 1.05 bits per heavy atom. The predicted octanol–water partition coefficient (Wildman–Crippen LogP) is 3.69. The zero-order valence-electron chi connectivity index (χ0n) is 10.7. The molecule has 0 amide bonds. The van der Waals surface area contributed by atoms with Crippen LogP contribution in [-0.4, -0.2) is 10.4 Å². The lowest BCUT2D eigenvalue weighted by Crippen LogP contribution is -2.04. The molecule has 0 atom stereocenters. The molecule has 0 aliphatic heterocycles. The first-order chi connectivity index (χ1) is 9.58. The van der Waals surface area contributed by atoms with E-state index in [4.69, 9.17) is 0 Å². The lowest BCUT2D eigenvalue weighted by Gasteiger charge is -2.01. The minimum atomic E-state index is -0.845. The number of carbonyl (C=O) groups excluding carboxylic acids is 1. The van der Waals surface area contributed by atoms with Crippen molar-refractivity contribution in [2.45, 2.75) is 0 Å². The minimum Gasteiger partial charge on any atom is -0.350 e. The van der Waals surface area contributed by atoms with Gasteiger partial charge in [0.05, 0.1) is 5.56 Å². The van der Waals surface area contributed by atoms with Gasteiger partial charge in [0.15, 0.2) is 5.78 Å². The third kappa shape index (κ3) is 1.90. The molecule has 1 heterocycles. The van der Waals surface area contributed by atoms with Crippen LogP contribution in [0.4, 0.5) is 8.78 Å². The van der Waals surface area contributed by atoms with Gasteiger partial charge in [-0.3, -0.25) is 4.79 Å². The number of fused-ring (bicyclic) bond motifs is 1. The van der Waals surface area contributed by atoms with E-state index >= 15 is 0 Å². The van der Waals surface area contributed by atoms with Crippen molar-refractivity contribution in [3.05, 3.63) is 71.4 Å². The largest absolute Gasteiger partial charge is 0.350 e. The fourth-order valence-corrected chi connectivity index (χ4v) is 2.34. The van der Waals surface area contributed by atoms with E-state index in [1.807, 2.05) is 35.9 Å². The fraction of sp³-hybridized carbons (Fsp3) is 0.0625. The molecule has 0 saturated heterocycles. The van der Waals surface area contributed by atoms with Crippen LogP contribution in [0.1, 0.15) is 15.9 Å². The summed E-state index contributed by atoms with van der Waals surface area (Å²) in [5.74, 6) is -1.99. The van der Waals surface area contributed by atoms with Crippen LogP contribution < -0.4 is 0 Å². The topological polar surface area (TPSA) is 22.0 Å². The Kier molecular flexibility index (Phi) is 2.86. The zero-order valence-corrected chi connectivity index (χ0v) is 10.7. The number of nitrogens with zero attached hydrogens (tertiary/aromatic N) is 1. The molecule has 0 bridgehead atoms. The van der Waals surface area contributed by atoms with Crippen molar-refractivity contribution >= 4 is 16.7 Å². The Morgan fingerprint density at radius 3 is 2.55 bits per heavy atom. The van der Waals surface area contributed by atoms with Gasteiger partial charge in [-0.1, -0.05) is 18.2 Å². The predicted molar refractivity (Wildman–Crippen MR) is 72.7 cm³/mol. The van der Waals surface area contributed by atoms with Crippen LogP contribution in [0.2, 0.25) is 0 Å². The lowest BCUT2D eigenvalue weighted by atomic mass is 10.0. The number of para-hydroxylation sites is 1. The number of carbonyl (C=O) groups is 1. The highest BCUT2D eigenvalue weighted by atomic mass is 19.1. The first kappa shape index (κ1) is 12.5. The molecular formula is C16H11F2NO. The molecule has 2 aromatic carbocycles. The highest BCUT2D eigenvalue weighted by molar-refractivity contribution is 6.16. The maximum absolute atomic E-state index is 13.7. The number of aromatic nitrogens is 1. The van der Waals surface area contributed by atoms with Gasteiger partial charge in [-0.05, 0) is 18.2 Å². The van der Waals surface area contributed by atoms with E-state index in [2.05, 4.69) is 0 Å². The molecule has 3 rings (SSSR count). The van der Waals surface area contributed by atoms with Crippen molar-refractivity contribution in [3.63, 3.8) is 0 Å². The van der Waals surface area contributed by atoms with Gasteiger partial charge >= 0.3 is 0 Å². The SMILES string of the molecule is Cn1cc(C(=O)c2ccc(F)cc2F)c2ccccc21. The van der Waals surface area contributed by atoms with Crippen LogP contribution in [0, 0.1) is 11.6 Å². The Morgan fingerprint density at radius 2 is 1.80 bits per heavy atom. The summed E-state index contributed by atoms with van der Waals surface area (Å²) in [6.07, 6.45) is 1.66. The molecule has 0 fully saturated rings. The van der Waals surface area contributed by atoms with Gasteiger partial charge in [-0.2, -0.15) is 0 Å². The molecule has 2 nitrogen and oxygen atoms in total. The first-order valence-corrected chi connectivity index (χ1v) is 6.12. The van der Waals surface area contributed by atoms with Crippen LogP contribution >= 0.6 is 0 Å². The molecule has 4 heteroatoms. The van der Waals surface area contributed by atoms with E-state index in [0.29, 0.717) is 5.56 Å². The van der Waals surface area contributed by atoms with Gasteiger partial charge in [-0.15, -0.1) is 0 Å². The van der Waals surface area contributed by atoms with Gasteiger partial charge in [0.2, 0.25) is 0 Å². The molecule has 0 unspecified atom stereocenters. The quantitative estimate of drug-likeness (QED) is 0.651. The molecule has 20 heavy (non-hydrogen) atoms. The van der Waals surface area contributed by atoms with Crippen LogP contribution in [0.3, 0.4) is 0 Å². The number of hydrogen-bond acceptors (Lipinski definition) is 1. The number of ketones is 1. The summed E-state index contributed by atoms with van der Waals surface area (Å²) in [5, 5.41) is 0.753. The van der Waals surface area contributed by atoms with Gasteiger partial charge in [0.25, 0.3) is 0 Å². The molecule has 0 aliphatic rings. The molecule has 0 radical (unpaired) electrons. The summed E-state index contributed by atoms with van der Waals surface area (Å²) in [6.45, 7) is 0. The van der Waals surface area contributed by atoms with E-state index < -0.39 is 17.4 Å². The average Bonchev–Trinajstić information content (AvgIpc) is 2.76. The summed E-state index contributed by atoms with van der Waals surface area (Å²) >= 11 is 0. The second kappa shape index (κ2) is 4.56. The lowest BCUT2D eigenvalue weighted by molar-refractivity contribution is 0.103. The standard InChI is InChI=1S/C16H11F2NO/c1-19-9-13(11-4-2-3-5-15(11)19)16(20)12-7-6-10(17)8-14(12)18/h2-9H,1H3. The molecule has 3 aromatic rings. The van der Waals surface area contributed by atoms with Crippen molar-refractivity contribution in [2.75, 3.05) is 0 Å². The molecule has 0 saturated carbocycles. The number of hydrogen-bond donors (Lipinski definition) is 0. The van der Waals surface area contributed by atoms with Gasteiger partial charge < -0.3 is 4.57 Å². The van der Waals surface area contributed by atoms with E-state index in [-0.39, 0.29) is 5.56 Å². The second-order valence-corrected chi connectivity index (χ2v) is 4.62. The summed E-state index contributed by atoms with van der Waals surface area (Å²) in [7, 11) is 1.82. The van der Waals surface area contributed by atoms with Crippen molar-refractivity contribution in [3.8, 4) is 0 Å². The molecule has 1 aromatic heterocycles. The molecular weight excluding hydrogens is 260 g/mol. The van der Waals surface area contributed by atoms with Crippen molar-refractivity contribution in [2.24, 2.45) is 7.05 Å². The van der Waals surface area contributed by atoms with Gasteiger partial charge in [-0.25, -0.2) is 8.78 Å². The molecule has 100 valence electrons. The zero-order chi connectivity index (χ0) is 14.3. The number of halogens is 2. The smallest absolute Gasteiger partial charge is 0.198 e. The Bertz CT molecular complexity index is 820. The Balaban J connectivity index is 2.18. The summed E-state index contributed by atoms with van der Waals surface area (Å²) in [6, 6.07) is 10.4. The third-order valence-electron chi connectivity index (χ3n) is 3.32. The minimum absolute atomic E-state index is 0.122. The van der Waals surface area contributed by atoms with Crippen molar-refractivity contribution in [1.29, 1.82) is 0 Å².